The molecule has 24 heavy (non-hydrogen) atoms. The second kappa shape index (κ2) is 6.89. The molecule has 2 bridgehead atoms. The Hall–Kier alpha value is -1.95. The third kappa shape index (κ3) is 3.59. The van der Waals surface area contributed by atoms with Crippen molar-refractivity contribution in [1.29, 1.82) is 0 Å². The summed E-state index contributed by atoms with van der Waals surface area (Å²) < 4.78 is 13.1. The third-order valence-corrected chi connectivity index (χ3v) is 5.02. The van der Waals surface area contributed by atoms with Crippen molar-refractivity contribution in [2.75, 3.05) is 33.7 Å². The number of hydrogen-bond donors (Lipinski definition) is 0. The number of likely N-dealkylation sites (N-methyl/N-ethyl adjacent to an activating group) is 1. The van der Waals surface area contributed by atoms with Crippen molar-refractivity contribution in [3.05, 3.63) is 35.6 Å². The van der Waals surface area contributed by atoms with Crippen molar-refractivity contribution in [3.63, 3.8) is 0 Å². The average molecular weight is 333 g/mol. The minimum Gasteiger partial charge on any atom is -0.347 e. The van der Waals surface area contributed by atoms with Crippen LogP contribution in [-0.2, 0) is 16.1 Å². The van der Waals surface area contributed by atoms with Gasteiger partial charge in [-0.05, 0) is 43.0 Å². The first kappa shape index (κ1) is 16.9. The van der Waals surface area contributed by atoms with Gasteiger partial charge < -0.3 is 9.80 Å². The monoisotopic (exact) mass is 333 g/mol. The summed E-state index contributed by atoms with van der Waals surface area (Å²) in [7, 11) is 3.41. The van der Waals surface area contributed by atoms with Crippen LogP contribution in [0.5, 0.6) is 0 Å². The van der Waals surface area contributed by atoms with Gasteiger partial charge in [-0.1, -0.05) is 12.1 Å². The van der Waals surface area contributed by atoms with Gasteiger partial charge in [0.25, 0.3) is 0 Å². The maximum Gasteiger partial charge on any atom is 0.241 e. The average Bonchev–Trinajstić information content (AvgIpc) is 2.56. The first-order valence-corrected chi connectivity index (χ1v) is 8.41. The maximum atomic E-state index is 13.1. The van der Waals surface area contributed by atoms with Crippen LogP contribution in [0.15, 0.2) is 24.3 Å². The lowest BCUT2D eigenvalue weighted by Gasteiger charge is -2.46. The molecule has 2 saturated heterocycles. The fourth-order valence-corrected chi connectivity index (χ4v) is 3.58. The Kier molecular flexibility index (Phi) is 4.85. The van der Waals surface area contributed by atoms with Crippen LogP contribution >= 0.6 is 0 Å². The molecule has 2 aliphatic rings. The van der Waals surface area contributed by atoms with Crippen LogP contribution in [-0.4, -0.2) is 66.3 Å². The van der Waals surface area contributed by atoms with Crippen LogP contribution in [0.2, 0.25) is 0 Å². The Morgan fingerprint density at radius 3 is 2.67 bits per heavy atom. The smallest absolute Gasteiger partial charge is 0.241 e. The molecule has 0 N–H and O–H groups in total. The molecule has 0 aliphatic carbocycles. The van der Waals surface area contributed by atoms with E-state index >= 15 is 0 Å². The molecule has 2 aliphatic heterocycles. The molecular weight excluding hydrogens is 309 g/mol. The number of carbonyl (C=O) groups is 2. The van der Waals surface area contributed by atoms with Gasteiger partial charge in [-0.15, -0.1) is 0 Å². The lowest BCUT2D eigenvalue weighted by molar-refractivity contribution is -0.150. The van der Waals surface area contributed by atoms with E-state index in [1.165, 1.54) is 17.0 Å². The number of rotatable bonds is 4. The SMILES string of the molecule is CN(C)C(=O)CN1C[C@H]2CCN(Cc3ccc(F)cc3)[C@H](C2)C1=O. The van der Waals surface area contributed by atoms with Crippen LogP contribution in [0.4, 0.5) is 4.39 Å². The number of benzene rings is 1. The largest absolute Gasteiger partial charge is 0.347 e. The number of amides is 2. The number of nitrogens with zero attached hydrogens (tertiary/aromatic N) is 3. The molecule has 0 radical (unpaired) electrons. The Morgan fingerprint density at radius 2 is 2.00 bits per heavy atom. The van der Waals surface area contributed by atoms with Crippen LogP contribution in [0.1, 0.15) is 18.4 Å². The molecule has 5 nitrogen and oxygen atoms in total. The standard InChI is InChI=1S/C18H24FN3O2/c1-20(2)17(23)12-22-11-14-7-8-21(16(9-14)18(22)24)10-13-3-5-15(19)6-4-13/h3-6,14,16H,7-12H2,1-2H3/t14-,16+/m0/s1. The first-order valence-electron chi connectivity index (χ1n) is 8.41. The van der Waals surface area contributed by atoms with Crippen molar-refractivity contribution in [3.8, 4) is 0 Å². The summed E-state index contributed by atoms with van der Waals surface area (Å²) in [4.78, 5) is 30.2. The summed E-state index contributed by atoms with van der Waals surface area (Å²) in [5.74, 6) is 0.211. The fourth-order valence-electron chi connectivity index (χ4n) is 3.58. The summed E-state index contributed by atoms with van der Waals surface area (Å²) in [5, 5.41) is 0. The summed E-state index contributed by atoms with van der Waals surface area (Å²) in [6, 6.07) is 6.27. The molecule has 0 aromatic heterocycles. The molecule has 0 saturated carbocycles. The number of likely N-dealkylation sites (tertiary alicyclic amines) is 2. The van der Waals surface area contributed by atoms with Crippen molar-refractivity contribution in [2.24, 2.45) is 5.92 Å². The van der Waals surface area contributed by atoms with Crippen LogP contribution < -0.4 is 0 Å². The molecule has 2 amide bonds. The van der Waals surface area contributed by atoms with Gasteiger partial charge in [-0.25, -0.2) is 4.39 Å². The van der Waals surface area contributed by atoms with Gasteiger partial charge in [0.05, 0.1) is 12.6 Å². The Balaban J connectivity index is 1.69. The molecule has 1 aromatic carbocycles. The molecule has 6 heteroatoms. The zero-order chi connectivity index (χ0) is 17.3. The number of carbonyl (C=O) groups excluding carboxylic acids is 2. The molecule has 0 spiro atoms. The highest BCUT2D eigenvalue weighted by Crippen LogP contribution is 2.31. The molecule has 130 valence electrons. The number of fused-ring (bicyclic) bond motifs is 2. The lowest BCUT2D eigenvalue weighted by atomic mass is 9.85. The van der Waals surface area contributed by atoms with Crippen molar-refractivity contribution in [1.82, 2.24) is 14.7 Å². The Morgan fingerprint density at radius 1 is 1.29 bits per heavy atom. The quantitative estimate of drug-likeness (QED) is 0.835. The van der Waals surface area contributed by atoms with E-state index in [1.807, 2.05) is 0 Å². The van der Waals surface area contributed by atoms with E-state index in [0.717, 1.165) is 24.9 Å². The van der Waals surface area contributed by atoms with E-state index in [9.17, 15) is 14.0 Å². The van der Waals surface area contributed by atoms with Gasteiger partial charge in [-0.3, -0.25) is 14.5 Å². The molecule has 2 fully saturated rings. The topological polar surface area (TPSA) is 43.9 Å². The van der Waals surface area contributed by atoms with E-state index in [1.54, 1.807) is 31.1 Å². The van der Waals surface area contributed by atoms with Crippen molar-refractivity contribution < 1.29 is 14.0 Å². The van der Waals surface area contributed by atoms with Crippen molar-refractivity contribution in [2.45, 2.75) is 25.4 Å². The summed E-state index contributed by atoms with van der Waals surface area (Å²) in [6.45, 7) is 2.34. The first-order chi connectivity index (χ1) is 11.4. The Labute approximate surface area is 142 Å². The second-order valence-corrected chi connectivity index (χ2v) is 7.01. The summed E-state index contributed by atoms with van der Waals surface area (Å²) >= 11 is 0. The van der Waals surface area contributed by atoms with Gasteiger partial charge in [0.2, 0.25) is 11.8 Å². The number of halogens is 1. The molecule has 1 aromatic rings. The lowest BCUT2D eigenvalue weighted by Crippen LogP contribution is -2.59. The predicted octanol–water partition coefficient (Wildman–Crippen LogP) is 1.34. The fraction of sp³-hybridized carbons (Fsp3) is 0.556. The maximum absolute atomic E-state index is 13.1. The van der Waals surface area contributed by atoms with E-state index < -0.39 is 0 Å². The predicted molar refractivity (Wildman–Crippen MR) is 88.6 cm³/mol. The minimum absolute atomic E-state index is 0.0447. The highest BCUT2D eigenvalue weighted by atomic mass is 19.1. The molecule has 2 atom stereocenters. The Bertz CT molecular complexity index is 617. The molecular formula is C18H24FN3O2. The van der Waals surface area contributed by atoms with Gasteiger partial charge in [0.15, 0.2) is 0 Å². The third-order valence-electron chi connectivity index (χ3n) is 5.02. The van der Waals surface area contributed by atoms with E-state index in [-0.39, 0.29) is 30.2 Å². The normalized spacial score (nSPS) is 24.1. The minimum atomic E-state index is -0.250. The number of hydrogen-bond acceptors (Lipinski definition) is 3. The highest BCUT2D eigenvalue weighted by molar-refractivity contribution is 5.88. The van der Waals surface area contributed by atoms with Crippen molar-refractivity contribution >= 4 is 11.8 Å². The second-order valence-electron chi connectivity index (χ2n) is 7.01. The van der Waals surface area contributed by atoms with Crippen LogP contribution in [0.25, 0.3) is 0 Å². The molecule has 3 rings (SSSR count). The van der Waals surface area contributed by atoms with Gasteiger partial charge in [0, 0.05) is 27.2 Å². The van der Waals surface area contributed by atoms with Gasteiger partial charge >= 0.3 is 0 Å². The van der Waals surface area contributed by atoms with Crippen LogP contribution in [0.3, 0.4) is 0 Å². The summed E-state index contributed by atoms with van der Waals surface area (Å²) in [5.41, 5.74) is 1.00. The van der Waals surface area contributed by atoms with E-state index in [2.05, 4.69) is 4.90 Å². The van der Waals surface area contributed by atoms with Gasteiger partial charge in [-0.2, -0.15) is 0 Å². The van der Waals surface area contributed by atoms with Crippen LogP contribution in [0, 0.1) is 11.7 Å². The molecule has 2 heterocycles. The van der Waals surface area contributed by atoms with Gasteiger partial charge in [0.1, 0.15) is 5.82 Å². The summed E-state index contributed by atoms with van der Waals surface area (Å²) in [6.07, 6.45) is 1.88. The van der Waals surface area contributed by atoms with E-state index in [0.29, 0.717) is 19.0 Å². The number of piperidine rings is 2. The zero-order valence-electron chi connectivity index (χ0n) is 14.2. The zero-order valence-corrected chi connectivity index (χ0v) is 14.2. The molecule has 0 unspecified atom stereocenters. The highest BCUT2D eigenvalue weighted by Gasteiger charge is 2.41. The van der Waals surface area contributed by atoms with E-state index in [4.69, 9.17) is 0 Å².